The number of anilines is 3. The lowest BCUT2D eigenvalue weighted by molar-refractivity contribution is 0.171. The molecule has 122 valence electrons. The first-order chi connectivity index (χ1) is 11.8. The number of nitrogens with one attached hydrogen (secondary N) is 2. The van der Waals surface area contributed by atoms with Gasteiger partial charge >= 0.3 is 0 Å². The maximum absolute atomic E-state index is 5.62. The third-order valence-electron chi connectivity index (χ3n) is 3.75. The maximum atomic E-state index is 5.62. The van der Waals surface area contributed by atoms with Crippen molar-refractivity contribution >= 4 is 28.4 Å². The number of para-hydroxylation sites is 1. The van der Waals surface area contributed by atoms with Gasteiger partial charge in [0.1, 0.15) is 19.0 Å². The SMILES string of the molecule is CCNc1nc(Nc2ccc3c(c2)OCCO3)nc2ccccc12. The van der Waals surface area contributed by atoms with Gasteiger partial charge in [0.05, 0.1) is 5.52 Å². The van der Waals surface area contributed by atoms with Gasteiger partial charge in [0.25, 0.3) is 0 Å². The van der Waals surface area contributed by atoms with Crippen molar-refractivity contribution in [1.82, 2.24) is 9.97 Å². The zero-order valence-electron chi connectivity index (χ0n) is 13.4. The van der Waals surface area contributed by atoms with Gasteiger partial charge in [-0.05, 0) is 31.2 Å². The van der Waals surface area contributed by atoms with Crippen LogP contribution in [0.5, 0.6) is 11.5 Å². The molecule has 2 N–H and O–H groups in total. The molecule has 0 spiro atoms. The molecule has 1 aliphatic rings. The van der Waals surface area contributed by atoms with Gasteiger partial charge in [-0.25, -0.2) is 4.98 Å². The average molecular weight is 322 g/mol. The lowest BCUT2D eigenvalue weighted by Crippen LogP contribution is -2.15. The van der Waals surface area contributed by atoms with Crippen molar-refractivity contribution in [2.45, 2.75) is 6.92 Å². The number of hydrogen-bond acceptors (Lipinski definition) is 6. The molecule has 0 aliphatic carbocycles. The van der Waals surface area contributed by atoms with Gasteiger partial charge in [-0.2, -0.15) is 4.98 Å². The summed E-state index contributed by atoms with van der Waals surface area (Å²) in [5.74, 6) is 2.86. The number of fused-ring (bicyclic) bond motifs is 2. The van der Waals surface area contributed by atoms with Crippen molar-refractivity contribution in [3.8, 4) is 11.5 Å². The fourth-order valence-corrected chi connectivity index (χ4v) is 2.68. The van der Waals surface area contributed by atoms with Crippen molar-refractivity contribution in [3.05, 3.63) is 42.5 Å². The van der Waals surface area contributed by atoms with Gasteiger partial charge in [0.2, 0.25) is 5.95 Å². The summed E-state index contributed by atoms with van der Waals surface area (Å²) < 4.78 is 11.2. The third-order valence-corrected chi connectivity index (χ3v) is 3.75. The normalized spacial score (nSPS) is 12.9. The maximum Gasteiger partial charge on any atom is 0.229 e. The van der Waals surface area contributed by atoms with E-state index >= 15 is 0 Å². The van der Waals surface area contributed by atoms with Gasteiger partial charge in [-0.1, -0.05) is 12.1 Å². The highest BCUT2D eigenvalue weighted by Crippen LogP contribution is 2.33. The monoisotopic (exact) mass is 322 g/mol. The van der Waals surface area contributed by atoms with Crippen molar-refractivity contribution in [3.63, 3.8) is 0 Å². The number of ether oxygens (including phenoxy) is 2. The Morgan fingerprint density at radius 2 is 1.83 bits per heavy atom. The molecule has 0 saturated carbocycles. The molecule has 0 atom stereocenters. The van der Waals surface area contributed by atoms with Crippen LogP contribution in [0.25, 0.3) is 10.9 Å². The van der Waals surface area contributed by atoms with Crippen LogP contribution in [0.3, 0.4) is 0 Å². The van der Waals surface area contributed by atoms with Crippen LogP contribution in [-0.4, -0.2) is 29.7 Å². The fourth-order valence-electron chi connectivity index (χ4n) is 2.68. The molecule has 4 rings (SSSR count). The molecule has 6 nitrogen and oxygen atoms in total. The predicted octanol–water partition coefficient (Wildman–Crippen LogP) is 3.58. The number of rotatable bonds is 4. The molecule has 1 aliphatic heterocycles. The molecule has 3 aromatic rings. The van der Waals surface area contributed by atoms with E-state index in [2.05, 4.69) is 20.6 Å². The Hall–Kier alpha value is -3.02. The Labute approximate surface area is 139 Å². The largest absolute Gasteiger partial charge is 0.486 e. The first-order valence-corrected chi connectivity index (χ1v) is 8.01. The summed E-state index contributed by atoms with van der Waals surface area (Å²) >= 11 is 0. The summed E-state index contributed by atoms with van der Waals surface area (Å²) in [6.07, 6.45) is 0. The summed E-state index contributed by atoms with van der Waals surface area (Å²) in [6, 6.07) is 13.7. The van der Waals surface area contributed by atoms with Crippen LogP contribution < -0.4 is 20.1 Å². The first-order valence-electron chi connectivity index (χ1n) is 8.01. The topological polar surface area (TPSA) is 68.3 Å². The standard InChI is InChI=1S/C18H18N4O2/c1-2-19-17-13-5-3-4-6-14(13)21-18(22-17)20-12-7-8-15-16(11-12)24-10-9-23-15/h3-8,11H,2,9-10H2,1H3,(H2,19,20,21,22). The summed E-state index contributed by atoms with van der Waals surface area (Å²) in [5, 5.41) is 7.54. The van der Waals surface area contributed by atoms with E-state index < -0.39 is 0 Å². The minimum absolute atomic E-state index is 0.543. The third kappa shape index (κ3) is 2.78. The van der Waals surface area contributed by atoms with E-state index in [-0.39, 0.29) is 0 Å². The summed E-state index contributed by atoms with van der Waals surface area (Å²) in [7, 11) is 0. The van der Waals surface area contributed by atoms with Crippen molar-refractivity contribution in [1.29, 1.82) is 0 Å². The number of aromatic nitrogens is 2. The Bertz CT molecular complexity index is 882. The molecular weight excluding hydrogens is 304 g/mol. The van der Waals surface area contributed by atoms with Gasteiger partial charge in [-0.15, -0.1) is 0 Å². The van der Waals surface area contributed by atoms with E-state index in [1.54, 1.807) is 0 Å². The second-order valence-corrected chi connectivity index (χ2v) is 5.43. The van der Waals surface area contributed by atoms with Gasteiger partial charge in [-0.3, -0.25) is 0 Å². The lowest BCUT2D eigenvalue weighted by Gasteiger charge is -2.19. The summed E-state index contributed by atoms with van der Waals surface area (Å²) in [6.45, 7) is 3.99. The van der Waals surface area contributed by atoms with Crippen LogP contribution in [0.15, 0.2) is 42.5 Å². The summed E-state index contributed by atoms with van der Waals surface area (Å²) in [5.41, 5.74) is 1.75. The minimum atomic E-state index is 0.543. The Morgan fingerprint density at radius 3 is 2.71 bits per heavy atom. The molecule has 0 fully saturated rings. The zero-order chi connectivity index (χ0) is 16.4. The van der Waals surface area contributed by atoms with Crippen molar-refractivity contribution in [2.75, 3.05) is 30.4 Å². The van der Waals surface area contributed by atoms with Gasteiger partial charge in [0, 0.05) is 23.7 Å². The molecule has 0 saturated heterocycles. The molecule has 0 bridgehead atoms. The van der Waals surface area contributed by atoms with Crippen molar-refractivity contribution < 1.29 is 9.47 Å². The molecule has 0 radical (unpaired) electrons. The molecule has 2 aromatic carbocycles. The Balaban J connectivity index is 1.69. The van der Waals surface area contributed by atoms with E-state index in [0.29, 0.717) is 19.2 Å². The van der Waals surface area contributed by atoms with Crippen LogP contribution in [0.4, 0.5) is 17.5 Å². The Morgan fingerprint density at radius 1 is 1.00 bits per heavy atom. The van der Waals surface area contributed by atoms with Gasteiger partial charge < -0.3 is 20.1 Å². The molecule has 6 heteroatoms. The summed E-state index contributed by atoms with van der Waals surface area (Å²) in [4.78, 5) is 9.18. The number of benzene rings is 2. The second-order valence-electron chi connectivity index (χ2n) is 5.43. The van der Waals surface area contributed by atoms with E-state index in [1.165, 1.54) is 0 Å². The molecular formula is C18H18N4O2. The quantitative estimate of drug-likeness (QED) is 0.765. The zero-order valence-corrected chi connectivity index (χ0v) is 13.4. The average Bonchev–Trinajstić information content (AvgIpc) is 2.62. The molecule has 1 aromatic heterocycles. The van der Waals surface area contributed by atoms with E-state index in [9.17, 15) is 0 Å². The fraction of sp³-hybridized carbons (Fsp3) is 0.222. The lowest BCUT2D eigenvalue weighted by atomic mass is 10.2. The van der Waals surface area contributed by atoms with Crippen LogP contribution in [0, 0.1) is 0 Å². The van der Waals surface area contributed by atoms with Crippen LogP contribution >= 0.6 is 0 Å². The minimum Gasteiger partial charge on any atom is -0.486 e. The van der Waals surface area contributed by atoms with Crippen LogP contribution in [0.2, 0.25) is 0 Å². The highest BCUT2D eigenvalue weighted by atomic mass is 16.6. The van der Waals surface area contributed by atoms with E-state index in [4.69, 9.17) is 9.47 Å². The van der Waals surface area contributed by atoms with Crippen LogP contribution in [0.1, 0.15) is 6.92 Å². The van der Waals surface area contributed by atoms with E-state index in [1.807, 2.05) is 49.4 Å². The van der Waals surface area contributed by atoms with Crippen molar-refractivity contribution in [2.24, 2.45) is 0 Å². The highest BCUT2D eigenvalue weighted by molar-refractivity contribution is 5.90. The number of hydrogen-bond donors (Lipinski definition) is 2. The Kier molecular flexibility index (Phi) is 3.78. The second kappa shape index (κ2) is 6.23. The molecule has 24 heavy (non-hydrogen) atoms. The number of nitrogens with zero attached hydrogens (tertiary/aromatic N) is 2. The molecule has 2 heterocycles. The van der Waals surface area contributed by atoms with E-state index in [0.717, 1.165) is 40.5 Å². The first kappa shape index (κ1) is 14.6. The van der Waals surface area contributed by atoms with Crippen LogP contribution in [-0.2, 0) is 0 Å². The van der Waals surface area contributed by atoms with Gasteiger partial charge in [0.15, 0.2) is 11.5 Å². The predicted molar refractivity (Wildman–Crippen MR) is 94.4 cm³/mol. The molecule has 0 amide bonds. The highest BCUT2D eigenvalue weighted by Gasteiger charge is 2.13. The molecule has 0 unspecified atom stereocenters. The smallest absolute Gasteiger partial charge is 0.229 e.